The van der Waals surface area contributed by atoms with Crippen LogP contribution in [-0.4, -0.2) is 21.2 Å². The molecular weight excluding hydrogens is 246 g/mol. The van der Waals surface area contributed by atoms with Gasteiger partial charge in [-0.1, -0.05) is 0 Å². The van der Waals surface area contributed by atoms with E-state index in [2.05, 4.69) is 30.9 Å². The minimum Gasteiger partial charge on any atom is -0.336 e. The SMILES string of the molecule is O=Cc1cnc(-c2cncc(Br)c2)[nH]1. The summed E-state index contributed by atoms with van der Waals surface area (Å²) in [6.07, 6.45) is 5.58. The Morgan fingerprint density at radius 3 is 2.86 bits per heavy atom. The Morgan fingerprint density at radius 2 is 2.21 bits per heavy atom. The maximum absolute atomic E-state index is 10.4. The standard InChI is InChI=1S/C9H6BrN3O/c10-7-1-6(2-11-3-7)9-12-4-8(5-14)13-9/h1-5H,(H,12,13). The molecule has 0 saturated heterocycles. The molecular formula is C9H6BrN3O. The molecule has 0 amide bonds. The van der Waals surface area contributed by atoms with Gasteiger partial charge in [0.2, 0.25) is 0 Å². The largest absolute Gasteiger partial charge is 0.336 e. The first-order valence-corrected chi connectivity index (χ1v) is 4.70. The zero-order valence-electron chi connectivity index (χ0n) is 7.07. The lowest BCUT2D eigenvalue weighted by molar-refractivity contribution is 0.111. The van der Waals surface area contributed by atoms with Crippen molar-refractivity contribution in [3.8, 4) is 11.4 Å². The second kappa shape index (κ2) is 3.71. The predicted octanol–water partition coefficient (Wildman–Crippen LogP) is 2.05. The molecule has 0 saturated carbocycles. The number of H-pyrrole nitrogens is 1. The number of aldehydes is 1. The second-order valence-corrected chi connectivity index (χ2v) is 3.61. The topological polar surface area (TPSA) is 58.6 Å². The van der Waals surface area contributed by atoms with Gasteiger partial charge >= 0.3 is 0 Å². The van der Waals surface area contributed by atoms with Crippen molar-refractivity contribution >= 4 is 22.2 Å². The first-order chi connectivity index (χ1) is 6.79. The summed E-state index contributed by atoms with van der Waals surface area (Å²) in [4.78, 5) is 21.3. The molecule has 0 atom stereocenters. The van der Waals surface area contributed by atoms with Crippen molar-refractivity contribution in [2.45, 2.75) is 0 Å². The molecule has 1 N–H and O–H groups in total. The molecule has 0 radical (unpaired) electrons. The molecule has 2 heterocycles. The summed E-state index contributed by atoms with van der Waals surface area (Å²) < 4.78 is 0.874. The number of hydrogen-bond donors (Lipinski definition) is 1. The third kappa shape index (κ3) is 1.72. The average Bonchev–Trinajstić information content (AvgIpc) is 2.66. The number of carbonyl (C=O) groups excluding carboxylic acids is 1. The van der Waals surface area contributed by atoms with E-state index < -0.39 is 0 Å². The van der Waals surface area contributed by atoms with Gasteiger partial charge in [0.15, 0.2) is 6.29 Å². The van der Waals surface area contributed by atoms with Gasteiger partial charge < -0.3 is 4.98 Å². The number of aromatic nitrogens is 3. The van der Waals surface area contributed by atoms with Crippen molar-refractivity contribution in [3.05, 3.63) is 34.8 Å². The summed E-state index contributed by atoms with van der Waals surface area (Å²) in [7, 11) is 0. The minimum atomic E-state index is 0.458. The van der Waals surface area contributed by atoms with Gasteiger partial charge in [-0.15, -0.1) is 0 Å². The van der Waals surface area contributed by atoms with Crippen LogP contribution < -0.4 is 0 Å². The van der Waals surface area contributed by atoms with Gasteiger partial charge in [0.1, 0.15) is 5.82 Å². The highest BCUT2D eigenvalue weighted by atomic mass is 79.9. The molecule has 4 nitrogen and oxygen atoms in total. The number of nitrogens with zero attached hydrogens (tertiary/aromatic N) is 2. The van der Waals surface area contributed by atoms with Crippen LogP contribution >= 0.6 is 15.9 Å². The highest BCUT2D eigenvalue weighted by Gasteiger charge is 2.03. The molecule has 2 aromatic heterocycles. The summed E-state index contributed by atoms with van der Waals surface area (Å²) in [5, 5.41) is 0. The molecule has 70 valence electrons. The van der Waals surface area contributed by atoms with Gasteiger partial charge in [-0.25, -0.2) is 4.98 Å². The van der Waals surface area contributed by atoms with Crippen LogP contribution in [0.1, 0.15) is 10.5 Å². The molecule has 0 fully saturated rings. The molecule has 0 unspecified atom stereocenters. The normalized spacial score (nSPS) is 10.1. The summed E-state index contributed by atoms with van der Waals surface area (Å²) in [6.45, 7) is 0. The van der Waals surface area contributed by atoms with Gasteiger partial charge in [0.05, 0.1) is 11.9 Å². The zero-order chi connectivity index (χ0) is 9.97. The van der Waals surface area contributed by atoms with Crippen LogP contribution in [0.5, 0.6) is 0 Å². The third-order valence-corrected chi connectivity index (χ3v) is 2.13. The van der Waals surface area contributed by atoms with E-state index >= 15 is 0 Å². The highest BCUT2D eigenvalue weighted by Crippen LogP contribution is 2.18. The quantitative estimate of drug-likeness (QED) is 0.832. The van der Waals surface area contributed by atoms with E-state index in [1.807, 2.05) is 6.07 Å². The smallest absolute Gasteiger partial charge is 0.167 e. The first-order valence-electron chi connectivity index (χ1n) is 3.90. The predicted molar refractivity (Wildman–Crippen MR) is 54.9 cm³/mol. The summed E-state index contributed by atoms with van der Waals surface area (Å²) >= 11 is 3.31. The van der Waals surface area contributed by atoms with Crippen LogP contribution in [0, 0.1) is 0 Å². The summed E-state index contributed by atoms with van der Waals surface area (Å²) in [6, 6.07) is 1.88. The van der Waals surface area contributed by atoms with E-state index in [0.29, 0.717) is 11.5 Å². The Labute approximate surface area is 88.5 Å². The number of aromatic amines is 1. The average molecular weight is 252 g/mol. The molecule has 2 rings (SSSR count). The van der Waals surface area contributed by atoms with Crippen molar-refractivity contribution in [2.75, 3.05) is 0 Å². The van der Waals surface area contributed by atoms with Crippen LogP contribution in [0.25, 0.3) is 11.4 Å². The molecule has 2 aromatic rings. The molecule has 5 heteroatoms. The monoisotopic (exact) mass is 251 g/mol. The van der Waals surface area contributed by atoms with E-state index in [-0.39, 0.29) is 0 Å². The minimum absolute atomic E-state index is 0.458. The van der Waals surface area contributed by atoms with Crippen molar-refractivity contribution in [1.29, 1.82) is 0 Å². The fourth-order valence-corrected chi connectivity index (χ4v) is 1.45. The summed E-state index contributed by atoms with van der Waals surface area (Å²) in [5.41, 5.74) is 1.30. The van der Waals surface area contributed by atoms with Gasteiger partial charge in [-0.2, -0.15) is 0 Å². The second-order valence-electron chi connectivity index (χ2n) is 2.70. The van der Waals surface area contributed by atoms with Gasteiger partial charge in [0, 0.05) is 22.4 Å². The maximum atomic E-state index is 10.4. The molecule has 0 spiro atoms. The molecule has 0 aliphatic rings. The maximum Gasteiger partial charge on any atom is 0.167 e. The van der Waals surface area contributed by atoms with E-state index in [1.54, 1.807) is 12.4 Å². The number of nitrogens with one attached hydrogen (secondary N) is 1. The van der Waals surface area contributed by atoms with E-state index in [1.165, 1.54) is 6.20 Å². The van der Waals surface area contributed by atoms with Crippen LogP contribution in [0.4, 0.5) is 0 Å². The van der Waals surface area contributed by atoms with Gasteiger partial charge in [0.25, 0.3) is 0 Å². The zero-order valence-corrected chi connectivity index (χ0v) is 8.65. The van der Waals surface area contributed by atoms with Crippen LogP contribution in [0.3, 0.4) is 0 Å². The van der Waals surface area contributed by atoms with Crippen molar-refractivity contribution in [2.24, 2.45) is 0 Å². The van der Waals surface area contributed by atoms with E-state index in [9.17, 15) is 4.79 Å². The Balaban J connectivity index is 2.43. The molecule has 0 aromatic carbocycles. The van der Waals surface area contributed by atoms with E-state index in [4.69, 9.17) is 0 Å². The van der Waals surface area contributed by atoms with Crippen molar-refractivity contribution in [3.63, 3.8) is 0 Å². The number of halogens is 1. The third-order valence-electron chi connectivity index (χ3n) is 1.70. The van der Waals surface area contributed by atoms with E-state index in [0.717, 1.165) is 16.3 Å². The number of rotatable bonds is 2. The van der Waals surface area contributed by atoms with Crippen LogP contribution in [0.2, 0.25) is 0 Å². The Bertz CT molecular complexity index is 467. The molecule has 0 aliphatic heterocycles. The lowest BCUT2D eigenvalue weighted by Crippen LogP contribution is -1.83. The summed E-state index contributed by atoms with van der Waals surface area (Å²) in [5.74, 6) is 0.640. The number of carbonyl (C=O) groups is 1. The first kappa shape index (κ1) is 9.08. The molecule has 14 heavy (non-hydrogen) atoms. The number of pyridine rings is 1. The number of hydrogen-bond acceptors (Lipinski definition) is 3. The fourth-order valence-electron chi connectivity index (χ4n) is 1.08. The number of imidazole rings is 1. The van der Waals surface area contributed by atoms with Crippen molar-refractivity contribution in [1.82, 2.24) is 15.0 Å². The Kier molecular flexibility index (Phi) is 2.41. The molecule has 0 aliphatic carbocycles. The van der Waals surface area contributed by atoms with Crippen molar-refractivity contribution < 1.29 is 4.79 Å². The van der Waals surface area contributed by atoms with Crippen LogP contribution in [0.15, 0.2) is 29.1 Å². The Morgan fingerprint density at radius 1 is 1.36 bits per heavy atom. The fraction of sp³-hybridized carbons (Fsp3) is 0. The molecule has 0 bridgehead atoms. The Hall–Kier alpha value is -1.49. The van der Waals surface area contributed by atoms with Gasteiger partial charge in [-0.05, 0) is 22.0 Å². The highest BCUT2D eigenvalue weighted by molar-refractivity contribution is 9.10. The van der Waals surface area contributed by atoms with Gasteiger partial charge in [-0.3, -0.25) is 9.78 Å². The van der Waals surface area contributed by atoms with Crippen LogP contribution in [-0.2, 0) is 0 Å². The lowest BCUT2D eigenvalue weighted by Gasteiger charge is -1.95. The lowest BCUT2D eigenvalue weighted by atomic mass is 10.3.